The van der Waals surface area contributed by atoms with Crippen LogP contribution in [0.4, 0.5) is 5.82 Å². The van der Waals surface area contributed by atoms with Crippen molar-refractivity contribution in [3.63, 3.8) is 0 Å². The molecule has 0 saturated carbocycles. The Morgan fingerprint density at radius 2 is 2.10 bits per heavy atom. The van der Waals surface area contributed by atoms with Crippen molar-refractivity contribution in [2.45, 2.75) is 0 Å². The van der Waals surface area contributed by atoms with E-state index in [9.17, 15) is 0 Å². The van der Waals surface area contributed by atoms with Crippen molar-refractivity contribution in [3.05, 3.63) is 59.2 Å². The van der Waals surface area contributed by atoms with Gasteiger partial charge >= 0.3 is 0 Å². The number of allylic oxidation sites excluding steroid dienone is 1. The molecule has 3 aromatic rings. The number of anilines is 1. The number of thiazole rings is 1. The van der Waals surface area contributed by atoms with Gasteiger partial charge in [-0.1, -0.05) is 24.0 Å². The molecule has 0 unspecified atom stereocenters. The van der Waals surface area contributed by atoms with E-state index in [1.54, 1.807) is 17.5 Å². The molecule has 1 aromatic carbocycles. The molecule has 3 rings (SSSR count). The molecule has 0 fully saturated rings. The van der Waals surface area contributed by atoms with Gasteiger partial charge in [-0.3, -0.25) is 0 Å². The van der Waals surface area contributed by atoms with E-state index in [2.05, 4.69) is 33.2 Å². The molecule has 0 radical (unpaired) electrons. The number of rotatable bonds is 2. The number of benzene rings is 1. The summed E-state index contributed by atoms with van der Waals surface area (Å²) in [4.78, 5) is 8.74. The number of para-hydroxylation sites is 1. The molecule has 4 heteroatoms. The number of nitrogens with one attached hydrogen (secondary N) is 1. The summed E-state index contributed by atoms with van der Waals surface area (Å²) >= 11 is 1.66. The van der Waals surface area contributed by atoms with Crippen LogP contribution >= 0.6 is 11.3 Å². The summed E-state index contributed by atoms with van der Waals surface area (Å²) in [6.45, 7) is 0. The minimum atomic E-state index is 0.838. The molecular weight excluding hydrogens is 278 g/mol. The van der Waals surface area contributed by atoms with Crippen LogP contribution in [-0.2, 0) is 0 Å². The summed E-state index contributed by atoms with van der Waals surface area (Å²) in [5.41, 5.74) is 1.92. The standard InChI is InChI=1S/C17H13N3S/c1-18-16-11-10-13(12-19-16)6-2-5-9-17-20-14-7-3-4-8-15(14)21-17/h3-5,7-12H,1H3,(H,18,19)/b9-5+. The SMILES string of the molecule is CNc1ccc(C#C/C=C/c2nc3ccccc3s2)cn1. The molecule has 0 saturated heterocycles. The second-order valence-electron chi connectivity index (χ2n) is 4.30. The minimum absolute atomic E-state index is 0.838. The van der Waals surface area contributed by atoms with Crippen LogP contribution in [0, 0.1) is 11.8 Å². The molecule has 102 valence electrons. The van der Waals surface area contributed by atoms with Crippen LogP contribution in [0.3, 0.4) is 0 Å². The molecule has 21 heavy (non-hydrogen) atoms. The number of fused-ring (bicyclic) bond motifs is 1. The first kappa shape index (κ1) is 13.3. The summed E-state index contributed by atoms with van der Waals surface area (Å²) in [7, 11) is 1.84. The van der Waals surface area contributed by atoms with E-state index in [-0.39, 0.29) is 0 Å². The zero-order valence-corrected chi connectivity index (χ0v) is 12.3. The first-order valence-corrected chi connectivity index (χ1v) is 7.34. The lowest BCUT2D eigenvalue weighted by atomic mass is 10.3. The average Bonchev–Trinajstić information content (AvgIpc) is 2.95. The van der Waals surface area contributed by atoms with Gasteiger partial charge in [0.25, 0.3) is 0 Å². The predicted molar refractivity (Wildman–Crippen MR) is 89.3 cm³/mol. The van der Waals surface area contributed by atoms with E-state index in [4.69, 9.17) is 0 Å². The topological polar surface area (TPSA) is 37.8 Å². The third-order valence-electron chi connectivity index (χ3n) is 2.86. The van der Waals surface area contributed by atoms with Gasteiger partial charge in [-0.2, -0.15) is 0 Å². The van der Waals surface area contributed by atoms with E-state index < -0.39 is 0 Å². The lowest BCUT2D eigenvalue weighted by Crippen LogP contribution is -1.90. The zero-order chi connectivity index (χ0) is 14.5. The van der Waals surface area contributed by atoms with Crippen LogP contribution in [0.5, 0.6) is 0 Å². The van der Waals surface area contributed by atoms with Gasteiger partial charge in [-0.05, 0) is 36.4 Å². The van der Waals surface area contributed by atoms with Crippen molar-refractivity contribution in [1.29, 1.82) is 0 Å². The second kappa shape index (κ2) is 6.21. The molecular formula is C17H13N3S. The van der Waals surface area contributed by atoms with Gasteiger partial charge in [-0.25, -0.2) is 9.97 Å². The molecule has 0 amide bonds. The normalized spacial score (nSPS) is 10.5. The average molecular weight is 291 g/mol. The van der Waals surface area contributed by atoms with Gasteiger partial charge in [0.2, 0.25) is 0 Å². The molecule has 3 nitrogen and oxygen atoms in total. The maximum absolute atomic E-state index is 4.52. The number of hydrogen-bond acceptors (Lipinski definition) is 4. The Balaban J connectivity index is 1.73. The number of nitrogens with zero attached hydrogens (tertiary/aromatic N) is 2. The smallest absolute Gasteiger partial charge is 0.125 e. The van der Waals surface area contributed by atoms with E-state index in [0.717, 1.165) is 21.9 Å². The molecule has 0 aliphatic heterocycles. The Hall–Kier alpha value is -2.64. The Bertz CT molecular complexity index is 803. The summed E-state index contributed by atoms with van der Waals surface area (Å²) in [6, 6.07) is 12.0. The number of aromatic nitrogens is 2. The predicted octanol–water partition coefficient (Wildman–Crippen LogP) is 3.80. The highest BCUT2D eigenvalue weighted by Crippen LogP contribution is 2.22. The third kappa shape index (κ3) is 3.28. The van der Waals surface area contributed by atoms with Crippen LogP contribution in [0.25, 0.3) is 16.3 Å². The molecule has 0 aliphatic carbocycles. The zero-order valence-electron chi connectivity index (χ0n) is 11.5. The largest absolute Gasteiger partial charge is 0.373 e. The van der Waals surface area contributed by atoms with E-state index in [1.807, 2.05) is 49.5 Å². The summed E-state index contributed by atoms with van der Waals surface area (Å²) in [5.74, 6) is 6.90. The highest BCUT2D eigenvalue weighted by molar-refractivity contribution is 7.19. The molecule has 2 heterocycles. The maximum atomic E-state index is 4.52. The van der Waals surface area contributed by atoms with Crippen LogP contribution in [0.2, 0.25) is 0 Å². The van der Waals surface area contributed by atoms with E-state index in [0.29, 0.717) is 0 Å². The van der Waals surface area contributed by atoms with Gasteiger partial charge in [0, 0.05) is 18.8 Å². The quantitative estimate of drug-likeness (QED) is 0.730. The second-order valence-corrected chi connectivity index (χ2v) is 5.37. The van der Waals surface area contributed by atoms with E-state index >= 15 is 0 Å². The van der Waals surface area contributed by atoms with Crippen molar-refractivity contribution in [2.24, 2.45) is 0 Å². The minimum Gasteiger partial charge on any atom is -0.373 e. The van der Waals surface area contributed by atoms with Crippen LogP contribution in [0.15, 0.2) is 48.7 Å². The van der Waals surface area contributed by atoms with Crippen LogP contribution in [0.1, 0.15) is 10.6 Å². The highest BCUT2D eigenvalue weighted by atomic mass is 32.1. The molecule has 0 spiro atoms. The molecule has 2 aromatic heterocycles. The Morgan fingerprint density at radius 1 is 1.19 bits per heavy atom. The van der Waals surface area contributed by atoms with Gasteiger partial charge in [-0.15, -0.1) is 11.3 Å². The van der Waals surface area contributed by atoms with E-state index in [1.165, 1.54) is 4.70 Å². The monoisotopic (exact) mass is 291 g/mol. The van der Waals surface area contributed by atoms with Crippen LogP contribution in [-0.4, -0.2) is 17.0 Å². The van der Waals surface area contributed by atoms with Crippen molar-refractivity contribution < 1.29 is 0 Å². The van der Waals surface area contributed by atoms with Gasteiger partial charge in [0.15, 0.2) is 0 Å². The number of pyridine rings is 1. The van der Waals surface area contributed by atoms with Crippen molar-refractivity contribution in [3.8, 4) is 11.8 Å². The Kier molecular flexibility index (Phi) is 3.95. The highest BCUT2D eigenvalue weighted by Gasteiger charge is 1.98. The van der Waals surface area contributed by atoms with Crippen molar-refractivity contribution in [1.82, 2.24) is 9.97 Å². The molecule has 1 N–H and O–H groups in total. The lowest BCUT2D eigenvalue weighted by Gasteiger charge is -1.96. The summed E-state index contributed by atoms with van der Waals surface area (Å²) in [5, 5.41) is 3.94. The molecule has 0 atom stereocenters. The maximum Gasteiger partial charge on any atom is 0.125 e. The fourth-order valence-corrected chi connectivity index (χ4v) is 2.69. The summed E-state index contributed by atoms with van der Waals surface area (Å²) < 4.78 is 1.19. The first-order chi connectivity index (χ1) is 10.3. The van der Waals surface area contributed by atoms with Gasteiger partial charge in [0.05, 0.1) is 10.2 Å². The first-order valence-electron chi connectivity index (χ1n) is 6.52. The third-order valence-corrected chi connectivity index (χ3v) is 3.86. The molecule has 0 aliphatic rings. The van der Waals surface area contributed by atoms with Crippen LogP contribution < -0.4 is 5.32 Å². The Labute approximate surface area is 127 Å². The van der Waals surface area contributed by atoms with Gasteiger partial charge < -0.3 is 5.32 Å². The fourth-order valence-electron chi connectivity index (χ4n) is 1.81. The lowest BCUT2D eigenvalue weighted by molar-refractivity contribution is 1.28. The van der Waals surface area contributed by atoms with Crippen molar-refractivity contribution >= 4 is 33.4 Å². The summed E-state index contributed by atoms with van der Waals surface area (Å²) in [6.07, 6.45) is 5.52. The fraction of sp³-hybridized carbons (Fsp3) is 0.0588. The number of hydrogen-bond donors (Lipinski definition) is 1. The molecule has 0 bridgehead atoms. The van der Waals surface area contributed by atoms with Crippen molar-refractivity contribution in [2.75, 3.05) is 12.4 Å². The Morgan fingerprint density at radius 3 is 2.86 bits per heavy atom. The van der Waals surface area contributed by atoms with Gasteiger partial charge in [0.1, 0.15) is 10.8 Å².